The number of hydrogen-bond donors (Lipinski definition) is 1. The van der Waals surface area contributed by atoms with E-state index in [-0.39, 0.29) is 11.7 Å². The second-order valence-corrected chi connectivity index (χ2v) is 4.45. The number of ketones is 1. The van der Waals surface area contributed by atoms with Crippen molar-refractivity contribution in [1.82, 2.24) is 0 Å². The molecule has 0 aromatic heterocycles. The Labute approximate surface area is 113 Å². The number of benzene rings is 1. The molecule has 0 radical (unpaired) electrons. The smallest absolute Gasteiger partial charge is 0.224 e. The minimum Gasteiger partial charge on any atom is -0.326 e. The molecule has 0 saturated carbocycles. The van der Waals surface area contributed by atoms with E-state index >= 15 is 0 Å². The second-order valence-electron chi connectivity index (χ2n) is 4.45. The van der Waals surface area contributed by atoms with Crippen LogP contribution in [0.1, 0.15) is 44.6 Å². The highest BCUT2D eigenvalue weighted by Gasteiger charge is 2.15. The van der Waals surface area contributed by atoms with Gasteiger partial charge in [-0.15, -0.1) is 0 Å². The number of hydrogen-bond acceptors (Lipinski definition) is 3. The zero-order chi connectivity index (χ0) is 14.3. The number of amides is 1. The Morgan fingerprint density at radius 2 is 1.95 bits per heavy atom. The van der Waals surface area contributed by atoms with E-state index in [0.717, 1.165) is 12.8 Å². The van der Waals surface area contributed by atoms with Crippen molar-refractivity contribution in [2.45, 2.75) is 39.0 Å². The molecule has 1 aromatic rings. The maximum absolute atomic E-state index is 11.5. The summed E-state index contributed by atoms with van der Waals surface area (Å²) in [6.07, 6.45) is 2.35. The highest BCUT2D eigenvalue weighted by molar-refractivity contribution is 5.91. The number of nitrogens with one attached hydrogen (secondary N) is 1. The number of Topliss-reactive ketones (excluding diaryl/α,β-unsaturated/α-hetero) is 1. The Bertz CT molecular complexity index is 486. The summed E-state index contributed by atoms with van der Waals surface area (Å²) in [4.78, 5) is 22.8. The molecule has 0 aliphatic carbocycles. The lowest BCUT2D eigenvalue weighted by Crippen LogP contribution is -2.11. The summed E-state index contributed by atoms with van der Waals surface area (Å²) in [7, 11) is 0. The summed E-state index contributed by atoms with van der Waals surface area (Å²) in [5.41, 5.74) is 1.34. The Kier molecular flexibility index (Phi) is 5.74. The molecule has 1 N–H and O–H groups in total. The lowest BCUT2D eigenvalue weighted by molar-refractivity contribution is -0.117. The van der Waals surface area contributed by atoms with Crippen LogP contribution >= 0.6 is 0 Å². The van der Waals surface area contributed by atoms with Crippen LogP contribution in [0.25, 0.3) is 0 Å². The van der Waals surface area contributed by atoms with Crippen molar-refractivity contribution < 1.29 is 9.59 Å². The van der Waals surface area contributed by atoms with E-state index in [1.807, 2.05) is 13.0 Å². The van der Waals surface area contributed by atoms with E-state index in [9.17, 15) is 9.59 Å². The van der Waals surface area contributed by atoms with Crippen molar-refractivity contribution in [3.8, 4) is 6.07 Å². The van der Waals surface area contributed by atoms with Gasteiger partial charge in [-0.25, -0.2) is 0 Å². The molecule has 1 atom stereocenters. The third-order valence-corrected chi connectivity index (χ3v) is 2.82. The average molecular weight is 258 g/mol. The molecule has 0 saturated heterocycles. The number of nitriles is 1. The summed E-state index contributed by atoms with van der Waals surface area (Å²) in [5.74, 6) is -0.926. The van der Waals surface area contributed by atoms with Gasteiger partial charge in [-0.2, -0.15) is 5.26 Å². The molecular formula is C15H18N2O2. The van der Waals surface area contributed by atoms with Crippen molar-refractivity contribution in [3.05, 3.63) is 29.8 Å². The standard InChI is InChI=1S/C15H18N2O2/c1-3-4-5-15(19)17-13-8-6-12(7-9-13)14(10-16)11(2)18/h6-9,14H,3-5H2,1-2H3,(H,17,19). The summed E-state index contributed by atoms with van der Waals surface area (Å²) >= 11 is 0. The molecule has 1 aromatic carbocycles. The molecule has 0 aliphatic heterocycles. The number of unbranched alkanes of at least 4 members (excludes halogenated alkanes) is 1. The first-order valence-electron chi connectivity index (χ1n) is 6.38. The molecule has 4 nitrogen and oxygen atoms in total. The van der Waals surface area contributed by atoms with Crippen molar-refractivity contribution in [2.24, 2.45) is 0 Å². The van der Waals surface area contributed by atoms with E-state index in [0.29, 0.717) is 17.7 Å². The third-order valence-electron chi connectivity index (χ3n) is 2.82. The normalized spacial score (nSPS) is 11.4. The van der Waals surface area contributed by atoms with Crippen molar-refractivity contribution in [2.75, 3.05) is 5.32 Å². The Morgan fingerprint density at radius 3 is 2.42 bits per heavy atom. The maximum Gasteiger partial charge on any atom is 0.224 e. The van der Waals surface area contributed by atoms with Gasteiger partial charge in [0.15, 0.2) is 5.78 Å². The van der Waals surface area contributed by atoms with Crippen molar-refractivity contribution in [1.29, 1.82) is 5.26 Å². The van der Waals surface area contributed by atoms with Crippen LogP contribution in [0, 0.1) is 11.3 Å². The molecule has 0 spiro atoms. The van der Waals surface area contributed by atoms with E-state index in [4.69, 9.17) is 5.26 Å². The summed E-state index contributed by atoms with van der Waals surface area (Å²) in [6, 6.07) is 8.80. The highest BCUT2D eigenvalue weighted by Crippen LogP contribution is 2.19. The molecule has 0 bridgehead atoms. The fourth-order valence-electron chi connectivity index (χ4n) is 1.72. The molecule has 1 amide bonds. The van der Waals surface area contributed by atoms with E-state index in [1.54, 1.807) is 24.3 Å². The van der Waals surface area contributed by atoms with Crippen molar-refractivity contribution in [3.63, 3.8) is 0 Å². The quantitative estimate of drug-likeness (QED) is 0.852. The van der Waals surface area contributed by atoms with Crippen LogP contribution in [0.15, 0.2) is 24.3 Å². The van der Waals surface area contributed by atoms with E-state index in [1.165, 1.54) is 6.92 Å². The summed E-state index contributed by atoms with van der Waals surface area (Å²) < 4.78 is 0. The van der Waals surface area contributed by atoms with E-state index < -0.39 is 5.92 Å². The van der Waals surface area contributed by atoms with Gasteiger partial charge in [0.2, 0.25) is 5.91 Å². The van der Waals surface area contributed by atoms with Gasteiger partial charge in [-0.05, 0) is 31.0 Å². The van der Waals surface area contributed by atoms with Gasteiger partial charge in [-0.3, -0.25) is 9.59 Å². The molecule has 0 heterocycles. The van der Waals surface area contributed by atoms with Crippen LogP contribution in [-0.4, -0.2) is 11.7 Å². The van der Waals surface area contributed by atoms with Crippen LogP contribution in [0.5, 0.6) is 0 Å². The Morgan fingerprint density at radius 1 is 1.32 bits per heavy atom. The molecule has 0 fully saturated rings. The first-order chi connectivity index (χ1) is 9.08. The molecule has 4 heteroatoms. The van der Waals surface area contributed by atoms with Crippen LogP contribution in [0.4, 0.5) is 5.69 Å². The van der Waals surface area contributed by atoms with Gasteiger partial charge in [0.05, 0.1) is 6.07 Å². The predicted molar refractivity (Wildman–Crippen MR) is 73.6 cm³/mol. The van der Waals surface area contributed by atoms with Gasteiger partial charge in [0, 0.05) is 12.1 Å². The molecule has 0 aliphatic rings. The Balaban J connectivity index is 2.69. The lowest BCUT2D eigenvalue weighted by atomic mass is 9.97. The van der Waals surface area contributed by atoms with Crippen molar-refractivity contribution >= 4 is 17.4 Å². The minimum absolute atomic E-state index is 0.0157. The van der Waals surface area contributed by atoms with Gasteiger partial charge >= 0.3 is 0 Å². The number of carbonyl (C=O) groups excluding carboxylic acids is 2. The Hall–Kier alpha value is -2.15. The lowest BCUT2D eigenvalue weighted by Gasteiger charge is -2.08. The fraction of sp³-hybridized carbons (Fsp3) is 0.400. The van der Waals surface area contributed by atoms with E-state index in [2.05, 4.69) is 5.32 Å². The molecule has 19 heavy (non-hydrogen) atoms. The molecule has 100 valence electrons. The third kappa shape index (κ3) is 4.55. The zero-order valence-corrected chi connectivity index (χ0v) is 11.3. The highest BCUT2D eigenvalue weighted by atomic mass is 16.1. The minimum atomic E-state index is -0.732. The molecule has 1 rings (SSSR count). The zero-order valence-electron chi connectivity index (χ0n) is 11.3. The predicted octanol–water partition coefficient (Wildman–Crippen LogP) is 3.01. The SMILES string of the molecule is CCCCC(=O)Nc1ccc(C(C#N)C(C)=O)cc1. The number of anilines is 1. The second kappa shape index (κ2) is 7.32. The van der Waals surface area contributed by atoms with Gasteiger partial charge in [-0.1, -0.05) is 25.5 Å². The van der Waals surface area contributed by atoms with Crippen LogP contribution < -0.4 is 5.32 Å². The molecule has 1 unspecified atom stereocenters. The van der Waals surface area contributed by atoms with Gasteiger partial charge in [0.25, 0.3) is 0 Å². The molecular weight excluding hydrogens is 240 g/mol. The van der Waals surface area contributed by atoms with Crippen LogP contribution in [-0.2, 0) is 9.59 Å². The number of rotatable bonds is 6. The maximum atomic E-state index is 11.5. The summed E-state index contributed by atoms with van der Waals surface area (Å²) in [5, 5.41) is 11.7. The van der Waals surface area contributed by atoms with Crippen LogP contribution in [0.2, 0.25) is 0 Å². The topological polar surface area (TPSA) is 70.0 Å². The number of carbonyl (C=O) groups is 2. The first kappa shape index (κ1) is 14.9. The fourth-order valence-corrected chi connectivity index (χ4v) is 1.72. The first-order valence-corrected chi connectivity index (χ1v) is 6.38. The van der Waals surface area contributed by atoms with Gasteiger partial charge in [0.1, 0.15) is 5.92 Å². The van der Waals surface area contributed by atoms with Crippen LogP contribution in [0.3, 0.4) is 0 Å². The number of nitrogens with zero attached hydrogens (tertiary/aromatic N) is 1. The average Bonchev–Trinajstić information content (AvgIpc) is 2.39. The summed E-state index contributed by atoms with van der Waals surface area (Å²) in [6.45, 7) is 3.43. The largest absolute Gasteiger partial charge is 0.326 e. The van der Waals surface area contributed by atoms with Gasteiger partial charge < -0.3 is 5.32 Å². The monoisotopic (exact) mass is 258 g/mol.